The number of hydrogen-bond donors (Lipinski definition) is 0. The Kier molecular flexibility index (Phi) is 2.43. The minimum Gasteiger partial charge on any atom is -0.479 e. The van der Waals surface area contributed by atoms with E-state index in [-0.39, 0.29) is 0 Å². The molecule has 0 saturated heterocycles. The Balaban J connectivity index is 2.70. The molecule has 0 radical (unpaired) electrons. The number of nitrogens with zero attached hydrogens (tertiary/aromatic N) is 1. The Hall–Kier alpha value is -1.38. The van der Waals surface area contributed by atoms with Crippen molar-refractivity contribution in [3.05, 3.63) is 24.5 Å². The molecule has 0 aliphatic rings. The molecule has 0 N–H and O–H groups in total. The normalized spacial score (nSPS) is 10.8. The van der Waals surface area contributed by atoms with E-state index < -0.39 is 5.60 Å². The van der Waals surface area contributed by atoms with Crippen molar-refractivity contribution in [2.24, 2.45) is 0 Å². The molecule has 0 aromatic carbocycles. The monoisotopic (exact) mass is 165 g/mol. The van der Waals surface area contributed by atoms with Gasteiger partial charge in [-0.05, 0) is 26.0 Å². The summed E-state index contributed by atoms with van der Waals surface area (Å²) < 4.78 is 5.32. The van der Waals surface area contributed by atoms with Gasteiger partial charge in [-0.15, -0.1) is 0 Å². The number of carbonyl (C=O) groups excluding carboxylic acids is 1. The van der Waals surface area contributed by atoms with E-state index in [4.69, 9.17) is 4.74 Å². The maximum absolute atomic E-state index is 10.5. The first kappa shape index (κ1) is 8.71. The van der Waals surface area contributed by atoms with Crippen LogP contribution in [-0.2, 0) is 4.79 Å². The molecule has 1 heterocycles. The molecule has 0 amide bonds. The average Bonchev–Trinajstić information content (AvgIpc) is 2.06. The third-order valence-corrected chi connectivity index (χ3v) is 1.30. The molecule has 0 fully saturated rings. The van der Waals surface area contributed by atoms with Gasteiger partial charge in [-0.1, -0.05) is 0 Å². The predicted molar refractivity (Wildman–Crippen MR) is 45.0 cm³/mol. The molecule has 1 aromatic rings. The Bertz CT molecular complexity index is 256. The lowest BCUT2D eigenvalue weighted by molar-refractivity contribution is -0.119. The van der Waals surface area contributed by atoms with Crippen LogP contribution >= 0.6 is 0 Å². The van der Waals surface area contributed by atoms with Crippen LogP contribution in [0.5, 0.6) is 5.75 Å². The third-order valence-electron chi connectivity index (χ3n) is 1.30. The smallest absolute Gasteiger partial charge is 0.162 e. The summed E-state index contributed by atoms with van der Waals surface area (Å²) in [6.45, 7) is 3.40. The topological polar surface area (TPSA) is 39.2 Å². The number of rotatable bonds is 3. The molecule has 3 heteroatoms. The van der Waals surface area contributed by atoms with Gasteiger partial charge < -0.3 is 4.74 Å². The molecule has 0 unspecified atom stereocenters. The summed E-state index contributed by atoms with van der Waals surface area (Å²) in [5, 5.41) is 0. The second-order valence-corrected chi connectivity index (χ2v) is 3.01. The van der Waals surface area contributed by atoms with Gasteiger partial charge in [0.05, 0.1) is 6.20 Å². The van der Waals surface area contributed by atoms with Crippen molar-refractivity contribution in [2.75, 3.05) is 0 Å². The van der Waals surface area contributed by atoms with Crippen molar-refractivity contribution in [3.8, 4) is 5.75 Å². The number of carbonyl (C=O) groups is 1. The first-order chi connectivity index (χ1) is 5.64. The highest BCUT2D eigenvalue weighted by atomic mass is 16.5. The van der Waals surface area contributed by atoms with E-state index in [0.29, 0.717) is 5.75 Å². The zero-order chi connectivity index (χ0) is 9.03. The van der Waals surface area contributed by atoms with Crippen LogP contribution in [-0.4, -0.2) is 16.9 Å². The van der Waals surface area contributed by atoms with Crippen molar-refractivity contribution in [1.29, 1.82) is 0 Å². The van der Waals surface area contributed by atoms with E-state index in [2.05, 4.69) is 4.98 Å². The van der Waals surface area contributed by atoms with E-state index in [9.17, 15) is 4.79 Å². The molecular formula is C9H11NO2. The van der Waals surface area contributed by atoms with Crippen LogP contribution in [0.2, 0.25) is 0 Å². The van der Waals surface area contributed by atoms with Crippen LogP contribution in [0.15, 0.2) is 24.5 Å². The van der Waals surface area contributed by atoms with Gasteiger partial charge in [0, 0.05) is 6.20 Å². The SMILES string of the molecule is CC(C)(C=O)Oc1cccnc1. The third kappa shape index (κ3) is 2.34. The summed E-state index contributed by atoms with van der Waals surface area (Å²) in [5.74, 6) is 0.606. The summed E-state index contributed by atoms with van der Waals surface area (Å²) >= 11 is 0. The quantitative estimate of drug-likeness (QED) is 0.636. The van der Waals surface area contributed by atoms with Crippen LogP contribution in [0.4, 0.5) is 0 Å². The predicted octanol–water partition coefficient (Wildman–Crippen LogP) is 1.44. The number of aldehydes is 1. The largest absolute Gasteiger partial charge is 0.479 e. The molecule has 12 heavy (non-hydrogen) atoms. The Morgan fingerprint density at radius 3 is 2.83 bits per heavy atom. The van der Waals surface area contributed by atoms with Crippen molar-refractivity contribution in [1.82, 2.24) is 4.98 Å². The second kappa shape index (κ2) is 3.34. The highest BCUT2D eigenvalue weighted by molar-refractivity contribution is 5.61. The van der Waals surface area contributed by atoms with Crippen molar-refractivity contribution in [2.45, 2.75) is 19.4 Å². The van der Waals surface area contributed by atoms with E-state index in [1.807, 2.05) is 0 Å². The molecule has 1 rings (SSSR count). The highest BCUT2D eigenvalue weighted by Crippen LogP contribution is 2.14. The van der Waals surface area contributed by atoms with E-state index in [1.54, 1.807) is 38.4 Å². The molecule has 64 valence electrons. The summed E-state index contributed by atoms with van der Waals surface area (Å²) in [4.78, 5) is 14.3. The minimum absolute atomic E-state index is 0.606. The molecule has 0 bridgehead atoms. The van der Waals surface area contributed by atoms with Gasteiger partial charge in [0.15, 0.2) is 11.9 Å². The average molecular weight is 165 g/mol. The summed E-state index contributed by atoms with van der Waals surface area (Å²) in [6.07, 6.45) is 3.99. The number of pyridine rings is 1. The van der Waals surface area contributed by atoms with Gasteiger partial charge in [0.25, 0.3) is 0 Å². The van der Waals surface area contributed by atoms with Crippen molar-refractivity contribution in [3.63, 3.8) is 0 Å². The molecule has 0 aliphatic carbocycles. The fourth-order valence-electron chi connectivity index (χ4n) is 0.735. The Morgan fingerprint density at radius 2 is 2.33 bits per heavy atom. The van der Waals surface area contributed by atoms with E-state index in [0.717, 1.165) is 6.29 Å². The van der Waals surface area contributed by atoms with Gasteiger partial charge in [-0.2, -0.15) is 0 Å². The summed E-state index contributed by atoms with van der Waals surface area (Å²) in [6, 6.07) is 3.52. The molecule has 0 spiro atoms. The number of hydrogen-bond acceptors (Lipinski definition) is 3. The van der Waals surface area contributed by atoms with E-state index in [1.165, 1.54) is 0 Å². The molecule has 0 atom stereocenters. The number of aromatic nitrogens is 1. The lowest BCUT2D eigenvalue weighted by Gasteiger charge is -2.18. The first-order valence-electron chi connectivity index (χ1n) is 3.69. The Labute approximate surface area is 71.4 Å². The summed E-state index contributed by atoms with van der Waals surface area (Å²) in [5.41, 5.74) is -0.775. The van der Waals surface area contributed by atoms with Crippen LogP contribution < -0.4 is 4.74 Å². The second-order valence-electron chi connectivity index (χ2n) is 3.01. The van der Waals surface area contributed by atoms with E-state index >= 15 is 0 Å². The maximum atomic E-state index is 10.5. The lowest BCUT2D eigenvalue weighted by atomic mass is 10.2. The molecule has 1 aromatic heterocycles. The van der Waals surface area contributed by atoms with Crippen LogP contribution in [0.1, 0.15) is 13.8 Å². The van der Waals surface area contributed by atoms with Crippen molar-refractivity contribution >= 4 is 6.29 Å². The van der Waals surface area contributed by atoms with Crippen LogP contribution in [0, 0.1) is 0 Å². The first-order valence-corrected chi connectivity index (χ1v) is 3.69. The van der Waals surface area contributed by atoms with Gasteiger partial charge in [0.2, 0.25) is 0 Å². The molecule has 0 aliphatic heterocycles. The maximum Gasteiger partial charge on any atom is 0.162 e. The molecule has 0 saturated carbocycles. The Morgan fingerprint density at radius 1 is 1.58 bits per heavy atom. The highest BCUT2D eigenvalue weighted by Gasteiger charge is 2.17. The van der Waals surface area contributed by atoms with Gasteiger partial charge in [0.1, 0.15) is 5.75 Å². The molecular weight excluding hydrogens is 154 g/mol. The lowest BCUT2D eigenvalue weighted by Crippen LogP contribution is -2.29. The molecule has 3 nitrogen and oxygen atoms in total. The van der Waals surface area contributed by atoms with Gasteiger partial charge in [-0.25, -0.2) is 0 Å². The van der Waals surface area contributed by atoms with Gasteiger partial charge in [-0.3, -0.25) is 9.78 Å². The zero-order valence-electron chi connectivity index (χ0n) is 7.15. The van der Waals surface area contributed by atoms with Crippen molar-refractivity contribution < 1.29 is 9.53 Å². The van der Waals surface area contributed by atoms with Crippen LogP contribution in [0.25, 0.3) is 0 Å². The van der Waals surface area contributed by atoms with Crippen LogP contribution in [0.3, 0.4) is 0 Å². The van der Waals surface area contributed by atoms with Gasteiger partial charge >= 0.3 is 0 Å². The standard InChI is InChI=1S/C9H11NO2/c1-9(2,7-11)12-8-4-3-5-10-6-8/h3-7H,1-2H3. The summed E-state index contributed by atoms with van der Waals surface area (Å²) in [7, 11) is 0. The fourth-order valence-corrected chi connectivity index (χ4v) is 0.735. The zero-order valence-corrected chi connectivity index (χ0v) is 7.15. The fraction of sp³-hybridized carbons (Fsp3) is 0.333. The number of ether oxygens (including phenoxy) is 1. The minimum atomic E-state index is -0.775.